The molecule has 0 atom stereocenters. The Balaban J connectivity index is 2.51. The predicted molar refractivity (Wildman–Crippen MR) is 80.4 cm³/mol. The van der Waals surface area contributed by atoms with Crippen LogP contribution in [0.4, 0.5) is 5.69 Å². The molecule has 0 spiro atoms. The van der Waals surface area contributed by atoms with Gasteiger partial charge in [0.05, 0.1) is 7.11 Å². The highest BCUT2D eigenvalue weighted by molar-refractivity contribution is 7.80. The van der Waals surface area contributed by atoms with Gasteiger partial charge in [-0.15, -0.1) is 0 Å². The maximum absolute atomic E-state index is 5.15. The highest BCUT2D eigenvalue weighted by atomic mass is 32.1. The van der Waals surface area contributed by atoms with Crippen LogP contribution in [-0.4, -0.2) is 17.9 Å². The Hall–Kier alpha value is -1.62. The van der Waals surface area contributed by atoms with E-state index in [1.54, 1.807) is 7.11 Å². The first-order valence-electron chi connectivity index (χ1n) is 5.96. The Morgan fingerprint density at radius 2 is 1.83 bits per heavy atom. The SMILES string of the molecule is CCC(CC)=NNC(=S)Nc1ccc(OC)cc1. The summed E-state index contributed by atoms with van der Waals surface area (Å²) in [5, 5.41) is 7.77. The molecule has 0 aromatic heterocycles. The molecule has 0 saturated heterocycles. The lowest BCUT2D eigenvalue weighted by atomic mass is 10.2. The van der Waals surface area contributed by atoms with Crippen LogP contribution < -0.4 is 15.5 Å². The van der Waals surface area contributed by atoms with E-state index in [-0.39, 0.29) is 0 Å². The minimum Gasteiger partial charge on any atom is -0.497 e. The second-order valence-corrected chi connectivity index (χ2v) is 4.09. The number of methoxy groups -OCH3 is 1. The van der Waals surface area contributed by atoms with Crippen LogP contribution >= 0.6 is 12.2 Å². The first-order chi connectivity index (χ1) is 8.69. The zero-order chi connectivity index (χ0) is 13.4. The van der Waals surface area contributed by atoms with Crippen molar-refractivity contribution in [3.05, 3.63) is 24.3 Å². The quantitative estimate of drug-likeness (QED) is 0.488. The van der Waals surface area contributed by atoms with Crippen LogP contribution in [0.3, 0.4) is 0 Å². The second-order valence-electron chi connectivity index (χ2n) is 3.68. The maximum atomic E-state index is 5.15. The summed E-state index contributed by atoms with van der Waals surface area (Å²) in [5.74, 6) is 0.816. The van der Waals surface area contributed by atoms with Gasteiger partial charge in [0, 0.05) is 11.4 Å². The smallest absolute Gasteiger partial charge is 0.191 e. The second kappa shape index (κ2) is 7.66. The van der Waals surface area contributed by atoms with E-state index in [0.717, 1.165) is 30.0 Å². The molecule has 0 bridgehead atoms. The molecule has 0 amide bonds. The van der Waals surface area contributed by atoms with E-state index < -0.39 is 0 Å². The molecule has 2 N–H and O–H groups in total. The van der Waals surface area contributed by atoms with Crippen molar-refractivity contribution in [3.8, 4) is 5.75 Å². The van der Waals surface area contributed by atoms with Gasteiger partial charge in [0.15, 0.2) is 5.11 Å². The van der Waals surface area contributed by atoms with E-state index in [4.69, 9.17) is 17.0 Å². The fourth-order valence-electron chi connectivity index (χ4n) is 1.37. The monoisotopic (exact) mass is 265 g/mol. The molecule has 0 radical (unpaired) electrons. The number of nitrogens with zero attached hydrogens (tertiary/aromatic N) is 1. The highest BCUT2D eigenvalue weighted by Crippen LogP contribution is 2.14. The summed E-state index contributed by atoms with van der Waals surface area (Å²) < 4.78 is 5.08. The Labute approximate surface area is 113 Å². The molecule has 0 aliphatic rings. The lowest BCUT2D eigenvalue weighted by molar-refractivity contribution is 0.415. The summed E-state index contributed by atoms with van der Waals surface area (Å²) in [4.78, 5) is 0. The van der Waals surface area contributed by atoms with Crippen LogP contribution in [0.15, 0.2) is 29.4 Å². The van der Waals surface area contributed by atoms with Gasteiger partial charge >= 0.3 is 0 Å². The van der Waals surface area contributed by atoms with Crippen molar-refractivity contribution in [3.63, 3.8) is 0 Å². The number of benzene rings is 1. The summed E-state index contributed by atoms with van der Waals surface area (Å²) in [5.41, 5.74) is 4.83. The van der Waals surface area contributed by atoms with Gasteiger partial charge < -0.3 is 10.1 Å². The number of hydrazone groups is 1. The first kappa shape index (κ1) is 14.4. The molecule has 1 rings (SSSR count). The lowest BCUT2D eigenvalue weighted by Crippen LogP contribution is -2.25. The van der Waals surface area contributed by atoms with Gasteiger partial charge in [0.25, 0.3) is 0 Å². The summed E-state index contributed by atoms with van der Waals surface area (Å²) in [6.07, 6.45) is 1.85. The fourth-order valence-corrected chi connectivity index (χ4v) is 1.53. The number of hydrogen-bond donors (Lipinski definition) is 2. The third-order valence-corrected chi connectivity index (χ3v) is 2.67. The zero-order valence-electron chi connectivity index (χ0n) is 11.0. The van der Waals surface area contributed by atoms with Crippen LogP contribution in [0.5, 0.6) is 5.75 Å². The normalized spacial score (nSPS) is 9.50. The van der Waals surface area contributed by atoms with Crippen LogP contribution in [-0.2, 0) is 0 Å². The Morgan fingerprint density at radius 3 is 2.33 bits per heavy atom. The average Bonchev–Trinajstić information content (AvgIpc) is 2.41. The molecule has 0 saturated carbocycles. The number of nitrogens with one attached hydrogen (secondary N) is 2. The number of rotatable bonds is 5. The van der Waals surface area contributed by atoms with E-state index in [1.807, 2.05) is 24.3 Å². The van der Waals surface area contributed by atoms with Crippen molar-refractivity contribution in [2.45, 2.75) is 26.7 Å². The number of ether oxygens (including phenoxy) is 1. The maximum Gasteiger partial charge on any atom is 0.191 e. The molecule has 5 heteroatoms. The molecule has 0 fully saturated rings. The molecular weight excluding hydrogens is 246 g/mol. The minimum atomic E-state index is 0.486. The van der Waals surface area contributed by atoms with Crippen LogP contribution in [0.2, 0.25) is 0 Å². The molecule has 0 aliphatic carbocycles. The largest absolute Gasteiger partial charge is 0.497 e. The molecule has 1 aromatic rings. The summed E-state index contributed by atoms with van der Waals surface area (Å²) in [7, 11) is 1.64. The van der Waals surface area contributed by atoms with Crippen molar-refractivity contribution in [2.75, 3.05) is 12.4 Å². The van der Waals surface area contributed by atoms with Crippen LogP contribution in [0.25, 0.3) is 0 Å². The van der Waals surface area contributed by atoms with Gasteiger partial charge in [0.2, 0.25) is 0 Å². The van der Waals surface area contributed by atoms with Crippen molar-refractivity contribution < 1.29 is 4.74 Å². The zero-order valence-corrected chi connectivity index (χ0v) is 11.8. The van der Waals surface area contributed by atoms with Gasteiger partial charge in [0.1, 0.15) is 5.75 Å². The van der Waals surface area contributed by atoms with Crippen molar-refractivity contribution in [2.24, 2.45) is 5.10 Å². The van der Waals surface area contributed by atoms with Gasteiger partial charge in [-0.05, 0) is 49.3 Å². The molecule has 0 heterocycles. The summed E-state index contributed by atoms with van der Waals surface area (Å²) in [6, 6.07) is 7.55. The van der Waals surface area contributed by atoms with Gasteiger partial charge in [-0.25, -0.2) is 0 Å². The number of hydrogen-bond acceptors (Lipinski definition) is 3. The average molecular weight is 265 g/mol. The Bertz CT molecular complexity index is 409. The first-order valence-corrected chi connectivity index (χ1v) is 6.36. The summed E-state index contributed by atoms with van der Waals surface area (Å²) in [6.45, 7) is 4.15. The Kier molecular flexibility index (Phi) is 6.14. The van der Waals surface area contributed by atoms with Crippen LogP contribution in [0.1, 0.15) is 26.7 Å². The molecule has 98 valence electrons. The van der Waals surface area contributed by atoms with E-state index >= 15 is 0 Å². The van der Waals surface area contributed by atoms with E-state index in [0.29, 0.717) is 5.11 Å². The van der Waals surface area contributed by atoms with Gasteiger partial charge in [-0.2, -0.15) is 5.10 Å². The molecular formula is C13H19N3OS. The molecule has 0 aliphatic heterocycles. The third kappa shape index (κ3) is 4.71. The van der Waals surface area contributed by atoms with E-state index in [2.05, 4.69) is 29.7 Å². The van der Waals surface area contributed by atoms with E-state index in [1.165, 1.54) is 0 Å². The third-order valence-electron chi connectivity index (χ3n) is 2.48. The lowest BCUT2D eigenvalue weighted by Gasteiger charge is -2.08. The van der Waals surface area contributed by atoms with Crippen LogP contribution in [0, 0.1) is 0 Å². The fraction of sp³-hybridized carbons (Fsp3) is 0.385. The molecule has 1 aromatic carbocycles. The summed E-state index contributed by atoms with van der Waals surface area (Å²) >= 11 is 5.15. The standard InChI is InChI=1S/C13H19N3OS/c1-4-10(5-2)15-16-13(18)14-11-6-8-12(17-3)9-7-11/h6-9H,4-5H2,1-3H3,(H2,14,16,18). The molecule has 4 nitrogen and oxygen atoms in total. The molecule has 0 unspecified atom stereocenters. The Morgan fingerprint density at radius 1 is 1.22 bits per heavy atom. The van der Waals surface area contributed by atoms with Gasteiger partial charge in [-0.3, -0.25) is 5.43 Å². The van der Waals surface area contributed by atoms with Crippen molar-refractivity contribution >= 4 is 28.7 Å². The highest BCUT2D eigenvalue weighted by Gasteiger charge is 1.98. The minimum absolute atomic E-state index is 0.486. The van der Waals surface area contributed by atoms with Gasteiger partial charge in [-0.1, -0.05) is 13.8 Å². The number of thiocarbonyl (C=S) groups is 1. The van der Waals surface area contributed by atoms with Crippen molar-refractivity contribution in [1.29, 1.82) is 0 Å². The molecule has 18 heavy (non-hydrogen) atoms. The predicted octanol–water partition coefficient (Wildman–Crippen LogP) is 3.16. The van der Waals surface area contributed by atoms with E-state index in [9.17, 15) is 0 Å². The number of anilines is 1. The topological polar surface area (TPSA) is 45.7 Å². The van der Waals surface area contributed by atoms with Crippen molar-refractivity contribution in [1.82, 2.24) is 5.43 Å².